The molecule has 0 atom stereocenters. The van der Waals surface area contributed by atoms with E-state index in [-0.39, 0.29) is 5.16 Å². The van der Waals surface area contributed by atoms with Crippen LogP contribution in [0.2, 0.25) is 0 Å². The lowest BCUT2D eigenvalue weighted by Crippen LogP contribution is -2.23. The van der Waals surface area contributed by atoms with Crippen LogP contribution in [-0.2, 0) is 0 Å². The lowest BCUT2D eigenvalue weighted by Gasteiger charge is -2.09. The molecule has 0 saturated heterocycles. The lowest BCUT2D eigenvalue weighted by molar-refractivity contribution is 0.164. The Bertz CT molecular complexity index is 202. The first kappa shape index (κ1) is 7.69. The summed E-state index contributed by atoms with van der Waals surface area (Å²) in [6, 6.07) is 0. The maximum absolute atomic E-state index is 10.3. The van der Waals surface area contributed by atoms with Crippen LogP contribution in [0.3, 0.4) is 0 Å². The number of halogens is 2. The van der Waals surface area contributed by atoms with Gasteiger partial charge in [0, 0.05) is 13.0 Å². The predicted molar refractivity (Wildman–Crippen MR) is 38.1 cm³/mol. The fourth-order valence-electron chi connectivity index (χ4n) is 0.737. The van der Waals surface area contributed by atoms with Crippen molar-refractivity contribution in [3.8, 4) is 0 Å². The molecular weight excluding hydrogens is 177 g/mol. The molecule has 1 aliphatic heterocycles. The zero-order chi connectivity index (χ0) is 7.72. The highest BCUT2D eigenvalue weighted by Crippen LogP contribution is 2.28. The van der Waals surface area contributed by atoms with Gasteiger partial charge in [-0.25, -0.2) is 4.79 Å². The summed E-state index contributed by atoms with van der Waals surface area (Å²) in [6.45, 7) is 0.368. The average Bonchev–Trinajstić information content (AvgIpc) is 2.14. The lowest BCUT2D eigenvalue weighted by atomic mass is 10.5. The van der Waals surface area contributed by atoms with Gasteiger partial charge in [0.15, 0.2) is 0 Å². The molecule has 1 aliphatic rings. The van der Waals surface area contributed by atoms with E-state index in [2.05, 4.69) is 0 Å². The SMILES string of the molecule is O=C(O)N1CCC(Cl)=C1Cl. The maximum Gasteiger partial charge on any atom is 0.412 e. The first-order valence-electron chi connectivity index (χ1n) is 2.67. The Morgan fingerprint density at radius 3 is 2.40 bits per heavy atom. The largest absolute Gasteiger partial charge is 0.465 e. The summed E-state index contributed by atoms with van der Waals surface area (Å²) < 4.78 is 0. The standard InChI is InChI=1S/C5H5Cl2NO2/c6-3-1-2-8(4(3)7)5(9)10/h1-2H2,(H,9,10). The summed E-state index contributed by atoms with van der Waals surface area (Å²) in [6.07, 6.45) is -0.534. The van der Waals surface area contributed by atoms with Crippen molar-refractivity contribution < 1.29 is 9.90 Å². The van der Waals surface area contributed by atoms with Crippen LogP contribution in [0.5, 0.6) is 0 Å². The molecule has 0 unspecified atom stereocenters. The minimum absolute atomic E-state index is 0.133. The molecule has 0 fully saturated rings. The van der Waals surface area contributed by atoms with Gasteiger partial charge < -0.3 is 5.11 Å². The Labute approximate surface area is 67.8 Å². The van der Waals surface area contributed by atoms with Crippen molar-refractivity contribution in [1.29, 1.82) is 0 Å². The third kappa shape index (κ3) is 1.20. The van der Waals surface area contributed by atoms with Crippen LogP contribution in [0.25, 0.3) is 0 Å². The van der Waals surface area contributed by atoms with Gasteiger partial charge in [0.2, 0.25) is 0 Å². The third-order valence-electron chi connectivity index (χ3n) is 1.25. The van der Waals surface area contributed by atoms with Gasteiger partial charge in [-0.1, -0.05) is 23.2 Å². The van der Waals surface area contributed by atoms with E-state index in [1.807, 2.05) is 0 Å². The molecule has 0 spiro atoms. The number of hydrogen-bond donors (Lipinski definition) is 1. The molecule has 0 saturated carbocycles. The van der Waals surface area contributed by atoms with Crippen molar-refractivity contribution in [2.75, 3.05) is 6.54 Å². The molecule has 1 heterocycles. The zero-order valence-electron chi connectivity index (χ0n) is 4.97. The molecule has 0 aromatic carbocycles. The first-order valence-corrected chi connectivity index (χ1v) is 3.43. The Morgan fingerprint density at radius 2 is 2.20 bits per heavy atom. The van der Waals surface area contributed by atoms with Crippen molar-refractivity contribution in [3.63, 3.8) is 0 Å². The number of rotatable bonds is 0. The summed E-state index contributed by atoms with van der Waals surface area (Å²) in [5, 5.41) is 9.00. The van der Waals surface area contributed by atoms with E-state index in [4.69, 9.17) is 28.3 Å². The van der Waals surface area contributed by atoms with Gasteiger partial charge >= 0.3 is 6.09 Å². The van der Waals surface area contributed by atoms with E-state index in [0.717, 1.165) is 4.90 Å². The fourth-order valence-corrected chi connectivity index (χ4v) is 1.18. The molecule has 1 rings (SSSR count). The fraction of sp³-hybridized carbons (Fsp3) is 0.400. The molecule has 0 bridgehead atoms. The molecule has 3 nitrogen and oxygen atoms in total. The van der Waals surface area contributed by atoms with E-state index in [1.54, 1.807) is 0 Å². The molecule has 0 radical (unpaired) electrons. The van der Waals surface area contributed by atoms with Gasteiger partial charge in [-0.15, -0.1) is 0 Å². The van der Waals surface area contributed by atoms with E-state index in [1.165, 1.54) is 0 Å². The van der Waals surface area contributed by atoms with E-state index in [9.17, 15) is 4.79 Å². The average molecular weight is 182 g/mol. The number of carboxylic acid groups (broad SMARTS) is 1. The topological polar surface area (TPSA) is 40.5 Å². The summed E-state index contributed by atoms with van der Waals surface area (Å²) >= 11 is 11.1. The minimum atomic E-state index is -1.05. The van der Waals surface area contributed by atoms with Gasteiger partial charge in [-0.3, -0.25) is 4.90 Å². The molecule has 56 valence electrons. The van der Waals surface area contributed by atoms with Crippen molar-refractivity contribution in [2.45, 2.75) is 6.42 Å². The maximum atomic E-state index is 10.3. The second-order valence-corrected chi connectivity index (χ2v) is 2.69. The van der Waals surface area contributed by atoms with E-state index >= 15 is 0 Å². The first-order chi connectivity index (χ1) is 4.63. The molecule has 0 aliphatic carbocycles. The molecule has 5 heteroatoms. The van der Waals surface area contributed by atoms with Crippen LogP contribution in [0.4, 0.5) is 4.79 Å². The highest BCUT2D eigenvalue weighted by atomic mass is 35.5. The molecule has 0 aromatic heterocycles. The van der Waals surface area contributed by atoms with Gasteiger partial charge in [0.1, 0.15) is 5.16 Å². The number of amides is 1. The number of hydrogen-bond acceptors (Lipinski definition) is 1. The smallest absolute Gasteiger partial charge is 0.412 e. The van der Waals surface area contributed by atoms with Crippen molar-refractivity contribution in [3.05, 3.63) is 10.2 Å². The zero-order valence-corrected chi connectivity index (χ0v) is 6.48. The number of carbonyl (C=O) groups is 1. The number of nitrogens with zero attached hydrogens (tertiary/aromatic N) is 1. The molecule has 1 amide bonds. The van der Waals surface area contributed by atoms with Crippen LogP contribution in [-0.4, -0.2) is 22.6 Å². The summed E-state index contributed by atoms with van der Waals surface area (Å²) in [7, 11) is 0. The van der Waals surface area contributed by atoms with E-state index in [0.29, 0.717) is 18.0 Å². The van der Waals surface area contributed by atoms with Crippen molar-refractivity contribution >= 4 is 29.3 Å². The van der Waals surface area contributed by atoms with Crippen LogP contribution in [0.1, 0.15) is 6.42 Å². The highest BCUT2D eigenvalue weighted by molar-refractivity contribution is 6.39. The highest BCUT2D eigenvalue weighted by Gasteiger charge is 2.24. The Morgan fingerprint density at radius 1 is 1.60 bits per heavy atom. The minimum Gasteiger partial charge on any atom is -0.465 e. The van der Waals surface area contributed by atoms with Crippen molar-refractivity contribution in [2.24, 2.45) is 0 Å². The van der Waals surface area contributed by atoms with Gasteiger partial charge in [-0.05, 0) is 0 Å². The predicted octanol–water partition coefficient (Wildman–Crippen LogP) is 2.02. The molecule has 1 N–H and O–H groups in total. The Kier molecular flexibility index (Phi) is 2.06. The second-order valence-electron chi connectivity index (χ2n) is 1.88. The summed E-state index contributed by atoms with van der Waals surface area (Å²) in [4.78, 5) is 11.3. The van der Waals surface area contributed by atoms with Gasteiger partial charge in [0.05, 0.1) is 5.03 Å². The van der Waals surface area contributed by atoms with Gasteiger partial charge in [-0.2, -0.15) is 0 Å². The quantitative estimate of drug-likeness (QED) is 0.582. The summed E-state index contributed by atoms with van der Waals surface area (Å²) in [5.74, 6) is 0. The van der Waals surface area contributed by atoms with Crippen LogP contribution < -0.4 is 0 Å². The third-order valence-corrected chi connectivity index (χ3v) is 2.14. The Balaban J connectivity index is 2.77. The normalized spacial score (nSPS) is 18.4. The molecular formula is C5H5Cl2NO2. The van der Waals surface area contributed by atoms with Crippen LogP contribution in [0, 0.1) is 0 Å². The molecule has 0 aromatic rings. The molecule has 10 heavy (non-hydrogen) atoms. The summed E-state index contributed by atoms with van der Waals surface area (Å²) in [5.41, 5.74) is 0. The van der Waals surface area contributed by atoms with Crippen LogP contribution in [0.15, 0.2) is 10.2 Å². The second kappa shape index (κ2) is 2.68. The van der Waals surface area contributed by atoms with E-state index < -0.39 is 6.09 Å². The monoisotopic (exact) mass is 181 g/mol. The van der Waals surface area contributed by atoms with Crippen LogP contribution >= 0.6 is 23.2 Å². The Hall–Kier alpha value is -0.410. The van der Waals surface area contributed by atoms with Crippen molar-refractivity contribution in [1.82, 2.24) is 4.90 Å². The van der Waals surface area contributed by atoms with Gasteiger partial charge in [0.25, 0.3) is 0 Å².